The zero-order valence-corrected chi connectivity index (χ0v) is 14.4. The molecule has 1 aliphatic rings. The normalized spacial score (nSPS) is 19.8. The van der Waals surface area contributed by atoms with Crippen molar-refractivity contribution in [2.24, 2.45) is 0 Å². The minimum atomic E-state index is -0.306. The van der Waals surface area contributed by atoms with Gasteiger partial charge in [-0.1, -0.05) is 24.3 Å². The van der Waals surface area contributed by atoms with Gasteiger partial charge in [-0.2, -0.15) is 0 Å². The molecule has 3 rings (SSSR count). The average Bonchev–Trinajstić information content (AvgIpc) is 2.53. The molecule has 1 unspecified atom stereocenters. The number of hydrogen-bond donors (Lipinski definition) is 1. The van der Waals surface area contributed by atoms with Crippen LogP contribution in [0.25, 0.3) is 0 Å². The van der Waals surface area contributed by atoms with E-state index in [1.807, 2.05) is 30.3 Å². The van der Waals surface area contributed by atoms with E-state index in [2.05, 4.69) is 39.2 Å². The predicted octanol–water partition coefficient (Wildman–Crippen LogP) is 4.74. The van der Waals surface area contributed by atoms with Gasteiger partial charge in [-0.25, -0.2) is 0 Å². The molecule has 1 atom stereocenters. The van der Waals surface area contributed by atoms with Crippen LogP contribution in [0.5, 0.6) is 5.75 Å². The number of ether oxygens (including phenoxy) is 1. The van der Waals surface area contributed by atoms with E-state index in [1.54, 1.807) is 0 Å². The lowest BCUT2D eigenvalue weighted by Gasteiger charge is -2.37. The van der Waals surface area contributed by atoms with E-state index in [0.29, 0.717) is 6.61 Å². The Labute approximate surface area is 138 Å². The molecule has 0 radical (unpaired) electrons. The highest BCUT2D eigenvalue weighted by molar-refractivity contribution is 5.51. The zero-order valence-electron chi connectivity index (χ0n) is 14.4. The SMILES string of the molecule is Cc1cc(C)c2c(c1C)OC(C)(CONc1ccccc1)CC2. The number of aryl methyl sites for hydroxylation is 2. The second-order valence-corrected chi connectivity index (χ2v) is 6.75. The van der Waals surface area contributed by atoms with Crippen LogP contribution in [0.1, 0.15) is 35.6 Å². The lowest BCUT2D eigenvalue weighted by atomic mass is 9.88. The van der Waals surface area contributed by atoms with Gasteiger partial charge in [0.2, 0.25) is 0 Å². The van der Waals surface area contributed by atoms with Crippen molar-refractivity contribution in [1.82, 2.24) is 0 Å². The fourth-order valence-corrected chi connectivity index (χ4v) is 3.12. The Morgan fingerprint density at radius 2 is 1.87 bits per heavy atom. The molecule has 0 aromatic heterocycles. The molecule has 1 heterocycles. The van der Waals surface area contributed by atoms with Crippen molar-refractivity contribution in [3.05, 3.63) is 58.7 Å². The third kappa shape index (κ3) is 3.35. The number of rotatable bonds is 4. The number of benzene rings is 2. The van der Waals surface area contributed by atoms with Crippen LogP contribution in [-0.2, 0) is 11.3 Å². The summed E-state index contributed by atoms with van der Waals surface area (Å²) in [6.45, 7) is 9.09. The summed E-state index contributed by atoms with van der Waals surface area (Å²) in [4.78, 5) is 5.70. The lowest BCUT2D eigenvalue weighted by Crippen LogP contribution is -2.42. The maximum Gasteiger partial charge on any atom is 0.132 e. The van der Waals surface area contributed by atoms with Gasteiger partial charge < -0.3 is 4.74 Å². The molecule has 0 amide bonds. The van der Waals surface area contributed by atoms with Crippen LogP contribution >= 0.6 is 0 Å². The summed E-state index contributed by atoms with van der Waals surface area (Å²) in [6, 6.07) is 12.2. The number of para-hydroxylation sites is 1. The van der Waals surface area contributed by atoms with Crippen molar-refractivity contribution in [3.63, 3.8) is 0 Å². The Kier molecular flexibility index (Phi) is 4.31. The van der Waals surface area contributed by atoms with Gasteiger partial charge in [-0.3, -0.25) is 10.3 Å². The number of anilines is 1. The fraction of sp³-hybridized carbons (Fsp3) is 0.400. The van der Waals surface area contributed by atoms with Crippen LogP contribution in [0.2, 0.25) is 0 Å². The number of nitrogens with one attached hydrogen (secondary N) is 1. The van der Waals surface area contributed by atoms with E-state index in [0.717, 1.165) is 24.3 Å². The maximum atomic E-state index is 6.38. The second kappa shape index (κ2) is 6.25. The van der Waals surface area contributed by atoms with Crippen molar-refractivity contribution in [1.29, 1.82) is 0 Å². The third-order valence-electron chi connectivity index (χ3n) is 4.71. The van der Waals surface area contributed by atoms with Crippen molar-refractivity contribution in [2.75, 3.05) is 12.1 Å². The van der Waals surface area contributed by atoms with Crippen molar-refractivity contribution < 1.29 is 9.57 Å². The molecule has 0 saturated carbocycles. The molecule has 0 saturated heterocycles. The van der Waals surface area contributed by atoms with E-state index >= 15 is 0 Å². The Morgan fingerprint density at radius 1 is 1.13 bits per heavy atom. The summed E-state index contributed by atoms with van der Waals surface area (Å²) in [7, 11) is 0. The largest absolute Gasteiger partial charge is 0.484 e. The topological polar surface area (TPSA) is 30.5 Å². The Morgan fingerprint density at radius 3 is 2.61 bits per heavy atom. The monoisotopic (exact) mass is 311 g/mol. The summed E-state index contributed by atoms with van der Waals surface area (Å²) < 4.78 is 6.38. The smallest absolute Gasteiger partial charge is 0.132 e. The van der Waals surface area contributed by atoms with E-state index in [4.69, 9.17) is 9.57 Å². The summed E-state index contributed by atoms with van der Waals surface area (Å²) in [5, 5.41) is 0. The van der Waals surface area contributed by atoms with Crippen LogP contribution in [0.3, 0.4) is 0 Å². The van der Waals surface area contributed by atoms with Gasteiger partial charge in [0.15, 0.2) is 0 Å². The first kappa shape index (κ1) is 15.9. The minimum Gasteiger partial charge on any atom is -0.484 e. The van der Waals surface area contributed by atoms with Gasteiger partial charge in [0.05, 0.1) is 5.69 Å². The highest BCUT2D eigenvalue weighted by atomic mass is 16.7. The van der Waals surface area contributed by atoms with Gasteiger partial charge in [-0.15, -0.1) is 0 Å². The van der Waals surface area contributed by atoms with E-state index in [-0.39, 0.29) is 5.60 Å². The maximum absolute atomic E-state index is 6.38. The van der Waals surface area contributed by atoms with Crippen molar-refractivity contribution >= 4 is 5.69 Å². The first-order valence-corrected chi connectivity index (χ1v) is 8.20. The number of fused-ring (bicyclic) bond motifs is 1. The molecular formula is C20H25NO2. The lowest BCUT2D eigenvalue weighted by molar-refractivity contribution is -0.0119. The van der Waals surface area contributed by atoms with Gasteiger partial charge >= 0.3 is 0 Å². The summed E-state index contributed by atoms with van der Waals surface area (Å²) in [5.74, 6) is 1.06. The zero-order chi connectivity index (χ0) is 16.4. The highest BCUT2D eigenvalue weighted by Crippen LogP contribution is 2.39. The molecule has 0 fully saturated rings. The Hall–Kier alpha value is -2.00. The molecular weight excluding hydrogens is 286 g/mol. The van der Waals surface area contributed by atoms with E-state index < -0.39 is 0 Å². The van der Waals surface area contributed by atoms with E-state index in [1.165, 1.54) is 22.3 Å². The third-order valence-corrected chi connectivity index (χ3v) is 4.71. The molecule has 0 aliphatic carbocycles. The van der Waals surface area contributed by atoms with Crippen LogP contribution in [0, 0.1) is 20.8 Å². The molecule has 2 aromatic carbocycles. The van der Waals surface area contributed by atoms with Gasteiger partial charge in [0.1, 0.15) is 18.0 Å². The Bertz CT molecular complexity index is 697. The molecule has 0 spiro atoms. The van der Waals surface area contributed by atoms with Crippen LogP contribution in [0.4, 0.5) is 5.69 Å². The minimum absolute atomic E-state index is 0.306. The van der Waals surface area contributed by atoms with Crippen LogP contribution in [-0.4, -0.2) is 12.2 Å². The molecule has 122 valence electrons. The van der Waals surface area contributed by atoms with Gasteiger partial charge in [0.25, 0.3) is 0 Å². The van der Waals surface area contributed by atoms with E-state index in [9.17, 15) is 0 Å². The molecule has 1 N–H and O–H groups in total. The van der Waals surface area contributed by atoms with Crippen molar-refractivity contribution in [3.8, 4) is 5.75 Å². The first-order chi connectivity index (χ1) is 11.0. The summed E-state index contributed by atoms with van der Waals surface area (Å²) in [6.07, 6.45) is 1.99. The molecule has 23 heavy (non-hydrogen) atoms. The Balaban J connectivity index is 1.70. The molecule has 3 nitrogen and oxygen atoms in total. The molecule has 0 bridgehead atoms. The quantitative estimate of drug-likeness (QED) is 0.827. The first-order valence-electron chi connectivity index (χ1n) is 8.20. The van der Waals surface area contributed by atoms with Gasteiger partial charge in [0, 0.05) is 0 Å². The van der Waals surface area contributed by atoms with Crippen LogP contribution in [0.15, 0.2) is 36.4 Å². The average molecular weight is 311 g/mol. The van der Waals surface area contributed by atoms with Crippen molar-refractivity contribution in [2.45, 2.75) is 46.1 Å². The number of hydrogen-bond acceptors (Lipinski definition) is 3. The molecule has 3 heteroatoms. The van der Waals surface area contributed by atoms with Gasteiger partial charge in [-0.05, 0) is 74.9 Å². The summed E-state index contributed by atoms with van der Waals surface area (Å²) in [5.41, 5.74) is 8.85. The molecule has 2 aromatic rings. The standard InChI is InChI=1S/C20H25NO2/c1-14-12-15(2)18-10-11-20(4,23-19(18)16(14)3)13-22-21-17-8-6-5-7-9-17/h5-9,12,21H,10-11,13H2,1-4H3. The molecule has 1 aliphatic heterocycles. The van der Waals surface area contributed by atoms with Crippen LogP contribution < -0.4 is 10.2 Å². The fourth-order valence-electron chi connectivity index (χ4n) is 3.12. The predicted molar refractivity (Wildman–Crippen MR) is 94.0 cm³/mol. The summed E-state index contributed by atoms with van der Waals surface area (Å²) >= 11 is 0. The highest BCUT2D eigenvalue weighted by Gasteiger charge is 2.34. The second-order valence-electron chi connectivity index (χ2n) is 6.75.